The van der Waals surface area contributed by atoms with Crippen molar-refractivity contribution >= 4 is 33.6 Å². The molecule has 0 atom stereocenters. The molecular weight excluding hydrogens is 486 g/mol. The molecule has 3 N–H and O–H groups in total. The lowest BCUT2D eigenvalue weighted by atomic mass is 9.90. The van der Waals surface area contributed by atoms with Crippen LogP contribution in [0.3, 0.4) is 0 Å². The van der Waals surface area contributed by atoms with E-state index in [9.17, 15) is 18.0 Å². The topological polar surface area (TPSA) is 110 Å². The molecule has 2 aromatic carbocycles. The van der Waals surface area contributed by atoms with Crippen LogP contribution in [0.2, 0.25) is 0 Å². The summed E-state index contributed by atoms with van der Waals surface area (Å²) in [6, 6.07) is 9.65. The summed E-state index contributed by atoms with van der Waals surface area (Å²) < 4.78 is 25.3. The Morgan fingerprint density at radius 2 is 1.81 bits per heavy atom. The van der Waals surface area contributed by atoms with E-state index >= 15 is 0 Å². The van der Waals surface area contributed by atoms with E-state index in [1.54, 1.807) is 6.07 Å². The lowest BCUT2D eigenvalue weighted by Gasteiger charge is -2.24. The number of sulfonamides is 1. The van der Waals surface area contributed by atoms with Gasteiger partial charge in [0.2, 0.25) is 21.8 Å². The van der Waals surface area contributed by atoms with E-state index in [1.807, 2.05) is 37.3 Å². The number of nitrogens with one attached hydrogen (secondary N) is 1. The monoisotopic (exact) mass is 519 g/mol. The molecule has 5 rings (SSSR count). The van der Waals surface area contributed by atoms with Crippen LogP contribution in [0.25, 0.3) is 17.2 Å². The van der Waals surface area contributed by atoms with Crippen molar-refractivity contribution in [2.45, 2.75) is 45.4 Å². The van der Waals surface area contributed by atoms with E-state index in [4.69, 9.17) is 5.73 Å². The standard InChI is InChI=1S/C29H33N3O4S/c1-18-22(8-5-9-27(18)31-29(34)20-6-3-4-7-20)23-10-11-24(28(30)33)26-17-21(16-25(23)26)19-12-14-32(15-13-19)37(2,35)36/h5,8-12,16,20H,3-4,6-7,13-15,17H2,1-2H3,(H2,30,33)(H,31,34). The molecule has 2 amide bonds. The van der Waals surface area contributed by atoms with Gasteiger partial charge in [0.1, 0.15) is 0 Å². The number of carbonyl (C=O) groups is 2. The number of amides is 2. The van der Waals surface area contributed by atoms with Gasteiger partial charge < -0.3 is 11.1 Å². The number of rotatable bonds is 6. The molecule has 0 unspecified atom stereocenters. The van der Waals surface area contributed by atoms with Crippen LogP contribution in [0.1, 0.15) is 59.2 Å². The highest BCUT2D eigenvalue weighted by molar-refractivity contribution is 7.88. The predicted octanol–water partition coefficient (Wildman–Crippen LogP) is 4.42. The van der Waals surface area contributed by atoms with Crippen LogP contribution in [0.4, 0.5) is 5.69 Å². The van der Waals surface area contributed by atoms with Gasteiger partial charge in [0.15, 0.2) is 0 Å². The molecule has 2 aliphatic carbocycles. The van der Waals surface area contributed by atoms with Crippen molar-refractivity contribution in [3.8, 4) is 11.1 Å². The maximum absolute atomic E-state index is 12.8. The van der Waals surface area contributed by atoms with Crippen molar-refractivity contribution in [3.05, 3.63) is 69.8 Å². The number of benzene rings is 2. The Morgan fingerprint density at radius 3 is 2.46 bits per heavy atom. The van der Waals surface area contributed by atoms with Crippen molar-refractivity contribution in [3.63, 3.8) is 0 Å². The molecular formula is C29H33N3O4S. The summed E-state index contributed by atoms with van der Waals surface area (Å²) in [7, 11) is -3.23. The third kappa shape index (κ3) is 5.00. The fourth-order valence-electron chi connectivity index (χ4n) is 5.84. The summed E-state index contributed by atoms with van der Waals surface area (Å²) in [5, 5.41) is 3.15. The Bertz CT molecular complexity index is 1450. The lowest BCUT2D eigenvalue weighted by molar-refractivity contribution is -0.119. The van der Waals surface area contributed by atoms with Crippen molar-refractivity contribution < 1.29 is 18.0 Å². The fourth-order valence-corrected chi connectivity index (χ4v) is 6.60. The van der Waals surface area contributed by atoms with Crippen LogP contribution in [0, 0.1) is 12.8 Å². The number of allylic oxidation sites excluding steroid dienone is 1. The Balaban J connectivity index is 1.51. The SMILES string of the molecule is Cc1c(NC(=O)C2CCCC2)cccc1-c1ccc(C(N)=O)c2c1C=C(C1=CCN(S(C)(=O)=O)CC1)C2. The molecule has 194 valence electrons. The Morgan fingerprint density at radius 1 is 1.05 bits per heavy atom. The van der Waals surface area contributed by atoms with E-state index in [2.05, 4.69) is 11.4 Å². The molecule has 8 heteroatoms. The van der Waals surface area contributed by atoms with E-state index in [1.165, 1.54) is 10.6 Å². The van der Waals surface area contributed by atoms with Gasteiger partial charge in [0.05, 0.1) is 6.26 Å². The van der Waals surface area contributed by atoms with Crippen molar-refractivity contribution in [2.24, 2.45) is 11.7 Å². The van der Waals surface area contributed by atoms with Gasteiger partial charge in [-0.15, -0.1) is 0 Å². The van der Waals surface area contributed by atoms with Crippen LogP contribution >= 0.6 is 0 Å². The van der Waals surface area contributed by atoms with Gasteiger partial charge >= 0.3 is 0 Å². The normalized spacial score (nSPS) is 18.3. The second-order valence-electron chi connectivity index (χ2n) is 10.3. The van der Waals surface area contributed by atoms with Gasteiger partial charge in [0.25, 0.3) is 0 Å². The molecule has 1 saturated carbocycles. The predicted molar refractivity (Wildman–Crippen MR) is 147 cm³/mol. The minimum absolute atomic E-state index is 0.0787. The molecule has 3 aliphatic rings. The second-order valence-corrected chi connectivity index (χ2v) is 12.3. The smallest absolute Gasteiger partial charge is 0.249 e. The van der Waals surface area contributed by atoms with Gasteiger partial charge in [-0.25, -0.2) is 8.42 Å². The van der Waals surface area contributed by atoms with E-state index in [0.29, 0.717) is 31.5 Å². The highest BCUT2D eigenvalue weighted by Gasteiger charge is 2.28. The quantitative estimate of drug-likeness (QED) is 0.589. The van der Waals surface area contributed by atoms with Gasteiger partial charge in [-0.3, -0.25) is 9.59 Å². The molecule has 0 bridgehead atoms. The molecule has 1 aliphatic heterocycles. The zero-order valence-corrected chi connectivity index (χ0v) is 22.2. The van der Waals surface area contributed by atoms with E-state index in [-0.39, 0.29) is 11.8 Å². The Labute approximate surface area is 218 Å². The van der Waals surface area contributed by atoms with Gasteiger partial charge in [-0.1, -0.05) is 43.2 Å². The number of primary amides is 1. The average molecular weight is 520 g/mol. The molecule has 7 nitrogen and oxygen atoms in total. The minimum Gasteiger partial charge on any atom is -0.366 e. The summed E-state index contributed by atoms with van der Waals surface area (Å²) in [6.45, 7) is 2.80. The average Bonchev–Trinajstić information content (AvgIpc) is 3.55. The second kappa shape index (κ2) is 9.91. The summed E-state index contributed by atoms with van der Waals surface area (Å²) >= 11 is 0. The zero-order chi connectivity index (χ0) is 26.3. The van der Waals surface area contributed by atoms with E-state index in [0.717, 1.165) is 70.3 Å². The third-order valence-electron chi connectivity index (χ3n) is 7.97. The van der Waals surface area contributed by atoms with Crippen LogP contribution in [0.5, 0.6) is 0 Å². The largest absolute Gasteiger partial charge is 0.366 e. The number of nitrogens with zero attached hydrogens (tertiary/aromatic N) is 1. The number of hydrogen-bond donors (Lipinski definition) is 2. The van der Waals surface area contributed by atoms with Crippen LogP contribution in [0.15, 0.2) is 47.6 Å². The van der Waals surface area contributed by atoms with Crippen molar-refractivity contribution in [1.29, 1.82) is 0 Å². The molecule has 0 spiro atoms. The first-order valence-corrected chi connectivity index (χ1v) is 14.7. The molecule has 1 heterocycles. The van der Waals surface area contributed by atoms with Crippen LogP contribution < -0.4 is 11.1 Å². The molecule has 0 radical (unpaired) electrons. The minimum atomic E-state index is -3.23. The highest BCUT2D eigenvalue weighted by atomic mass is 32.2. The number of fused-ring (bicyclic) bond motifs is 1. The first kappa shape index (κ1) is 25.4. The van der Waals surface area contributed by atoms with Gasteiger partial charge in [0, 0.05) is 30.3 Å². The van der Waals surface area contributed by atoms with Crippen LogP contribution in [-0.4, -0.2) is 43.9 Å². The van der Waals surface area contributed by atoms with Gasteiger partial charge in [-0.05, 0) is 83.7 Å². The zero-order valence-electron chi connectivity index (χ0n) is 21.3. The van der Waals surface area contributed by atoms with Crippen molar-refractivity contribution in [1.82, 2.24) is 4.31 Å². The molecule has 37 heavy (non-hydrogen) atoms. The third-order valence-corrected chi connectivity index (χ3v) is 9.24. The summed E-state index contributed by atoms with van der Waals surface area (Å²) in [5.74, 6) is -0.302. The number of carbonyl (C=O) groups excluding carboxylic acids is 2. The molecule has 0 aromatic heterocycles. The van der Waals surface area contributed by atoms with E-state index < -0.39 is 15.9 Å². The summed E-state index contributed by atoms with van der Waals surface area (Å²) in [4.78, 5) is 25.1. The fraction of sp³-hybridized carbons (Fsp3) is 0.379. The maximum Gasteiger partial charge on any atom is 0.249 e. The first-order valence-electron chi connectivity index (χ1n) is 12.8. The molecule has 1 fully saturated rings. The maximum atomic E-state index is 12.8. The summed E-state index contributed by atoms with van der Waals surface area (Å²) in [6.07, 6.45) is 10.6. The van der Waals surface area contributed by atoms with Crippen LogP contribution in [-0.2, 0) is 21.2 Å². The summed E-state index contributed by atoms with van der Waals surface area (Å²) in [5.41, 5.74) is 14.0. The van der Waals surface area contributed by atoms with Crippen molar-refractivity contribution in [2.75, 3.05) is 24.7 Å². The number of anilines is 1. The number of nitrogens with two attached hydrogens (primary N) is 1. The Kier molecular flexibility index (Phi) is 6.81. The lowest BCUT2D eigenvalue weighted by Crippen LogP contribution is -2.34. The number of hydrogen-bond acceptors (Lipinski definition) is 4. The molecule has 0 saturated heterocycles. The first-order chi connectivity index (χ1) is 17.6. The highest BCUT2D eigenvalue weighted by Crippen LogP contribution is 2.41. The molecule has 2 aromatic rings. The Hall–Kier alpha value is -3.23. The van der Waals surface area contributed by atoms with Gasteiger partial charge in [-0.2, -0.15) is 4.31 Å².